The third kappa shape index (κ3) is 2.21. The topological polar surface area (TPSA) is 25.8 Å². The Balaban J connectivity index is 1.89. The van der Waals surface area contributed by atoms with E-state index < -0.39 is 0 Å². The third-order valence-electron chi connectivity index (χ3n) is 4.48. The van der Waals surface area contributed by atoms with Gasteiger partial charge in [0.1, 0.15) is 0 Å². The maximum atomic E-state index is 4.65. The Labute approximate surface area is 130 Å². The first-order chi connectivity index (χ1) is 10.8. The quantitative estimate of drug-likeness (QED) is 0.641. The van der Waals surface area contributed by atoms with Crippen LogP contribution in [0.4, 0.5) is 0 Å². The molecule has 0 saturated heterocycles. The van der Waals surface area contributed by atoms with Crippen molar-refractivity contribution in [3.05, 3.63) is 71.2 Å². The van der Waals surface area contributed by atoms with Crippen LogP contribution in [0.25, 0.3) is 22.6 Å². The number of hydrogen-bond acceptors (Lipinski definition) is 2. The molecule has 0 N–H and O–H groups in total. The van der Waals surface area contributed by atoms with Crippen LogP contribution in [0.1, 0.15) is 35.2 Å². The summed E-state index contributed by atoms with van der Waals surface area (Å²) in [6, 6.07) is 12.5. The van der Waals surface area contributed by atoms with Gasteiger partial charge in [-0.3, -0.25) is 9.97 Å². The minimum absolute atomic E-state index is 1.05. The number of para-hydroxylation sites is 1. The summed E-state index contributed by atoms with van der Waals surface area (Å²) in [6.07, 6.45) is 9.56. The normalized spacial score (nSPS) is 16.0. The highest BCUT2D eigenvalue weighted by atomic mass is 14.7. The van der Waals surface area contributed by atoms with Crippen molar-refractivity contribution in [1.29, 1.82) is 0 Å². The maximum absolute atomic E-state index is 4.65. The maximum Gasteiger partial charge on any atom is 0.0707 e. The number of aromatic nitrogens is 2. The fourth-order valence-electron chi connectivity index (χ4n) is 3.33. The smallest absolute Gasteiger partial charge is 0.0707 e. The van der Waals surface area contributed by atoms with E-state index in [1.54, 1.807) is 0 Å². The Morgan fingerprint density at radius 3 is 2.77 bits per heavy atom. The number of benzene rings is 1. The zero-order valence-electron chi connectivity index (χ0n) is 12.7. The van der Waals surface area contributed by atoms with Crippen LogP contribution < -0.4 is 0 Å². The summed E-state index contributed by atoms with van der Waals surface area (Å²) in [7, 11) is 0. The molecule has 2 heteroatoms. The Bertz CT molecular complexity index is 873. The molecule has 3 aromatic rings. The van der Waals surface area contributed by atoms with Crippen LogP contribution in [0.2, 0.25) is 0 Å². The summed E-state index contributed by atoms with van der Waals surface area (Å²) >= 11 is 0. The van der Waals surface area contributed by atoms with E-state index in [-0.39, 0.29) is 0 Å². The molecule has 0 aliphatic heterocycles. The number of pyridine rings is 2. The summed E-state index contributed by atoms with van der Waals surface area (Å²) in [4.78, 5) is 9.10. The van der Waals surface area contributed by atoms with Crippen molar-refractivity contribution in [3.63, 3.8) is 0 Å². The fraction of sp³-hybridized carbons (Fsp3) is 0.200. The summed E-state index contributed by atoms with van der Waals surface area (Å²) in [6.45, 7) is 2.19. The standard InChI is InChI=1S/C20H18N2/c1-14-9-11-22-20-16(5-4-7-17(14)20)13-15-10-12-21-19-8-3-2-6-18(15)19/h2-3,6,8-13H,4-5,7H2,1H3/b16-13-. The van der Waals surface area contributed by atoms with Gasteiger partial charge < -0.3 is 0 Å². The van der Waals surface area contributed by atoms with Crippen LogP contribution in [0.15, 0.2) is 48.8 Å². The Hall–Kier alpha value is -2.48. The molecule has 1 aliphatic carbocycles. The van der Waals surface area contributed by atoms with Gasteiger partial charge in [-0.05, 0) is 72.7 Å². The molecule has 108 valence electrons. The van der Waals surface area contributed by atoms with Gasteiger partial charge in [-0.15, -0.1) is 0 Å². The molecule has 0 atom stereocenters. The Kier molecular flexibility index (Phi) is 3.23. The lowest BCUT2D eigenvalue weighted by Crippen LogP contribution is -2.06. The number of fused-ring (bicyclic) bond motifs is 2. The predicted molar refractivity (Wildman–Crippen MR) is 91.5 cm³/mol. The SMILES string of the molecule is Cc1ccnc2c1CCC/C2=C/c1ccnc2ccccc12. The summed E-state index contributed by atoms with van der Waals surface area (Å²) in [5.41, 5.74) is 7.59. The van der Waals surface area contributed by atoms with E-state index in [9.17, 15) is 0 Å². The van der Waals surface area contributed by atoms with Crippen molar-refractivity contribution >= 4 is 22.6 Å². The number of hydrogen-bond donors (Lipinski definition) is 0. The van der Waals surface area contributed by atoms with E-state index in [4.69, 9.17) is 0 Å². The molecule has 1 aromatic carbocycles. The molecule has 4 rings (SSSR count). The average molecular weight is 286 g/mol. The Morgan fingerprint density at radius 1 is 0.955 bits per heavy atom. The number of aryl methyl sites for hydroxylation is 1. The molecule has 0 bridgehead atoms. The van der Waals surface area contributed by atoms with Crippen LogP contribution in [0, 0.1) is 6.92 Å². The molecular formula is C20H18N2. The van der Waals surface area contributed by atoms with E-state index in [0.29, 0.717) is 0 Å². The van der Waals surface area contributed by atoms with Crippen molar-refractivity contribution in [2.75, 3.05) is 0 Å². The third-order valence-corrected chi connectivity index (χ3v) is 4.48. The van der Waals surface area contributed by atoms with Gasteiger partial charge in [-0.25, -0.2) is 0 Å². The van der Waals surface area contributed by atoms with E-state index in [1.807, 2.05) is 18.5 Å². The molecule has 2 nitrogen and oxygen atoms in total. The molecule has 0 unspecified atom stereocenters. The molecule has 2 aromatic heterocycles. The fourth-order valence-corrected chi connectivity index (χ4v) is 3.33. The van der Waals surface area contributed by atoms with E-state index >= 15 is 0 Å². The first kappa shape index (κ1) is 13.2. The van der Waals surface area contributed by atoms with E-state index in [1.165, 1.54) is 39.8 Å². The van der Waals surface area contributed by atoms with Crippen LogP contribution in [-0.2, 0) is 6.42 Å². The second-order valence-electron chi connectivity index (χ2n) is 5.90. The van der Waals surface area contributed by atoms with E-state index in [0.717, 1.165) is 18.4 Å². The minimum atomic E-state index is 1.05. The molecule has 0 radical (unpaired) electrons. The largest absolute Gasteiger partial charge is 0.256 e. The first-order valence-corrected chi connectivity index (χ1v) is 7.82. The second-order valence-corrected chi connectivity index (χ2v) is 5.90. The molecular weight excluding hydrogens is 268 g/mol. The minimum Gasteiger partial charge on any atom is -0.256 e. The average Bonchev–Trinajstić information content (AvgIpc) is 2.56. The van der Waals surface area contributed by atoms with Gasteiger partial charge in [0.25, 0.3) is 0 Å². The van der Waals surface area contributed by atoms with Gasteiger partial charge in [0.05, 0.1) is 11.2 Å². The first-order valence-electron chi connectivity index (χ1n) is 7.82. The molecule has 0 spiro atoms. The number of nitrogens with zero attached hydrogens (tertiary/aromatic N) is 2. The molecule has 2 heterocycles. The number of allylic oxidation sites excluding steroid dienone is 1. The van der Waals surface area contributed by atoms with Gasteiger partial charge >= 0.3 is 0 Å². The van der Waals surface area contributed by atoms with Crippen LogP contribution in [-0.4, -0.2) is 9.97 Å². The molecule has 22 heavy (non-hydrogen) atoms. The monoisotopic (exact) mass is 286 g/mol. The summed E-state index contributed by atoms with van der Waals surface area (Å²) in [5, 5.41) is 1.21. The highest BCUT2D eigenvalue weighted by molar-refractivity contribution is 5.93. The lowest BCUT2D eigenvalue weighted by atomic mass is 9.88. The van der Waals surface area contributed by atoms with Gasteiger partial charge in [0, 0.05) is 17.8 Å². The van der Waals surface area contributed by atoms with Gasteiger partial charge in [-0.1, -0.05) is 18.2 Å². The molecule has 0 saturated carbocycles. The lowest BCUT2D eigenvalue weighted by Gasteiger charge is -2.20. The predicted octanol–water partition coefficient (Wildman–Crippen LogP) is 4.82. The van der Waals surface area contributed by atoms with Gasteiger partial charge in [0.2, 0.25) is 0 Å². The van der Waals surface area contributed by atoms with Crippen molar-refractivity contribution < 1.29 is 0 Å². The lowest BCUT2D eigenvalue weighted by molar-refractivity contribution is 0.804. The van der Waals surface area contributed by atoms with Crippen LogP contribution >= 0.6 is 0 Å². The highest BCUT2D eigenvalue weighted by Crippen LogP contribution is 2.33. The summed E-state index contributed by atoms with van der Waals surface area (Å²) < 4.78 is 0. The van der Waals surface area contributed by atoms with Crippen LogP contribution in [0.5, 0.6) is 0 Å². The Morgan fingerprint density at radius 2 is 1.82 bits per heavy atom. The summed E-state index contributed by atoms with van der Waals surface area (Å²) in [5.74, 6) is 0. The number of rotatable bonds is 1. The zero-order chi connectivity index (χ0) is 14.9. The molecule has 0 amide bonds. The molecule has 0 fully saturated rings. The zero-order valence-corrected chi connectivity index (χ0v) is 12.7. The van der Waals surface area contributed by atoms with Crippen molar-refractivity contribution in [1.82, 2.24) is 9.97 Å². The second kappa shape index (κ2) is 5.38. The highest BCUT2D eigenvalue weighted by Gasteiger charge is 2.17. The van der Waals surface area contributed by atoms with E-state index in [2.05, 4.69) is 53.3 Å². The van der Waals surface area contributed by atoms with Gasteiger partial charge in [0.15, 0.2) is 0 Å². The molecule has 1 aliphatic rings. The van der Waals surface area contributed by atoms with Crippen molar-refractivity contribution in [2.45, 2.75) is 26.2 Å². The van der Waals surface area contributed by atoms with Crippen molar-refractivity contribution in [2.24, 2.45) is 0 Å². The van der Waals surface area contributed by atoms with Crippen LogP contribution in [0.3, 0.4) is 0 Å². The van der Waals surface area contributed by atoms with Gasteiger partial charge in [-0.2, -0.15) is 0 Å². The van der Waals surface area contributed by atoms with Crippen molar-refractivity contribution in [3.8, 4) is 0 Å².